The molecular weight excluding hydrogens is 352 g/mol. The molecule has 0 saturated carbocycles. The molecule has 0 unspecified atom stereocenters. The molecule has 2 aromatic carbocycles. The average molecular weight is 367 g/mol. The first-order valence-electron chi connectivity index (χ1n) is 7.23. The van der Waals surface area contributed by atoms with Crippen molar-refractivity contribution in [2.75, 3.05) is 4.72 Å². The number of anilines is 1. The number of aryl methyl sites for hydroxylation is 2. The van der Waals surface area contributed by atoms with E-state index in [0.29, 0.717) is 17.6 Å². The van der Waals surface area contributed by atoms with Crippen molar-refractivity contribution < 1.29 is 12.8 Å². The highest BCUT2D eigenvalue weighted by molar-refractivity contribution is 7.92. The van der Waals surface area contributed by atoms with E-state index in [1.165, 1.54) is 23.7 Å². The fourth-order valence-electron chi connectivity index (χ4n) is 2.46. The maximum absolute atomic E-state index is 12.7. The summed E-state index contributed by atoms with van der Waals surface area (Å²) in [6.07, 6.45) is 0.680. The number of nitrogens with zero attached hydrogens (tertiary/aromatic N) is 1. The molecule has 1 aromatic heterocycles. The first kappa shape index (κ1) is 16.6. The first-order chi connectivity index (χ1) is 11.3. The molecule has 3 rings (SSSR count). The van der Waals surface area contributed by atoms with Crippen molar-refractivity contribution in [2.45, 2.75) is 18.2 Å². The van der Waals surface area contributed by atoms with E-state index in [4.69, 9.17) is 16.0 Å². The lowest BCUT2D eigenvalue weighted by molar-refractivity contribution is 0.527. The quantitative estimate of drug-likeness (QED) is 0.769. The van der Waals surface area contributed by atoms with E-state index in [1.807, 2.05) is 19.1 Å². The second-order valence-corrected chi connectivity index (χ2v) is 7.35. The number of hydrogen-bond acceptors (Lipinski definition) is 4. The maximum atomic E-state index is 12.7. The topological polar surface area (TPSA) is 81.3 Å². The molecule has 0 aliphatic heterocycles. The third-order valence-electron chi connectivity index (χ3n) is 3.78. The Labute approximate surface area is 143 Å². The summed E-state index contributed by atoms with van der Waals surface area (Å²) in [4.78, 5) is 11.4. The van der Waals surface area contributed by atoms with Crippen LogP contribution in [0.25, 0.3) is 11.1 Å². The zero-order chi connectivity index (χ0) is 17.5. The molecule has 0 spiro atoms. The summed E-state index contributed by atoms with van der Waals surface area (Å²) < 4.78 is 34.3. The van der Waals surface area contributed by atoms with Crippen LogP contribution in [0.1, 0.15) is 12.5 Å². The number of oxazole rings is 1. The van der Waals surface area contributed by atoms with Gasteiger partial charge in [0, 0.05) is 13.1 Å². The average Bonchev–Trinajstić information content (AvgIpc) is 2.81. The second kappa shape index (κ2) is 5.99. The molecule has 3 aromatic rings. The molecule has 0 amide bonds. The SMILES string of the molecule is CCc1ccccc1NS(=O)(=O)c1cc2oc(=O)n(C)c2cc1Cl. The minimum atomic E-state index is -3.92. The Morgan fingerprint density at radius 3 is 2.67 bits per heavy atom. The molecule has 1 N–H and O–H groups in total. The van der Waals surface area contributed by atoms with E-state index in [9.17, 15) is 13.2 Å². The molecule has 126 valence electrons. The number of para-hydroxylation sites is 1. The van der Waals surface area contributed by atoms with Crippen molar-refractivity contribution in [1.29, 1.82) is 0 Å². The van der Waals surface area contributed by atoms with E-state index < -0.39 is 15.8 Å². The van der Waals surface area contributed by atoms with E-state index >= 15 is 0 Å². The van der Waals surface area contributed by atoms with Crippen molar-refractivity contribution in [3.63, 3.8) is 0 Å². The van der Waals surface area contributed by atoms with Gasteiger partial charge < -0.3 is 4.42 Å². The van der Waals surface area contributed by atoms with Crippen molar-refractivity contribution in [2.24, 2.45) is 7.05 Å². The highest BCUT2D eigenvalue weighted by Crippen LogP contribution is 2.29. The fraction of sp³-hybridized carbons (Fsp3) is 0.188. The standard InChI is InChI=1S/C16H15ClN2O4S/c1-3-10-6-4-5-7-12(10)18-24(21,22)15-9-14-13(8-11(15)17)19(2)16(20)23-14/h4-9,18H,3H2,1-2H3. The highest BCUT2D eigenvalue weighted by atomic mass is 35.5. The minimum absolute atomic E-state index is 0.0142. The molecule has 0 radical (unpaired) electrons. The van der Waals surface area contributed by atoms with Crippen LogP contribution in [-0.2, 0) is 23.5 Å². The van der Waals surface area contributed by atoms with Gasteiger partial charge in [0.1, 0.15) is 4.90 Å². The lowest BCUT2D eigenvalue weighted by Gasteiger charge is -2.12. The molecule has 0 bridgehead atoms. The summed E-state index contributed by atoms with van der Waals surface area (Å²) in [7, 11) is -2.40. The van der Waals surface area contributed by atoms with Crippen LogP contribution in [0.5, 0.6) is 0 Å². The van der Waals surface area contributed by atoms with Crippen LogP contribution >= 0.6 is 11.6 Å². The molecule has 8 heteroatoms. The van der Waals surface area contributed by atoms with Crippen LogP contribution in [0.15, 0.2) is 50.5 Å². The number of sulfonamides is 1. The van der Waals surface area contributed by atoms with Crippen molar-refractivity contribution in [1.82, 2.24) is 4.57 Å². The number of nitrogens with one attached hydrogen (secondary N) is 1. The van der Waals surface area contributed by atoms with Crippen molar-refractivity contribution in [3.8, 4) is 0 Å². The Balaban J connectivity index is 2.11. The van der Waals surface area contributed by atoms with Crippen LogP contribution in [0, 0.1) is 0 Å². The lowest BCUT2D eigenvalue weighted by Crippen LogP contribution is -2.14. The van der Waals surface area contributed by atoms with Gasteiger partial charge in [0.25, 0.3) is 10.0 Å². The van der Waals surface area contributed by atoms with Gasteiger partial charge in [-0.25, -0.2) is 13.2 Å². The highest BCUT2D eigenvalue weighted by Gasteiger charge is 2.22. The normalized spacial score (nSPS) is 11.8. The van der Waals surface area contributed by atoms with Crippen LogP contribution in [0.3, 0.4) is 0 Å². The molecule has 1 heterocycles. The number of halogens is 1. The van der Waals surface area contributed by atoms with Gasteiger partial charge in [0.15, 0.2) is 5.58 Å². The van der Waals surface area contributed by atoms with Crippen LogP contribution < -0.4 is 10.5 Å². The summed E-state index contributed by atoms with van der Waals surface area (Å²) in [5.41, 5.74) is 1.95. The predicted octanol–water partition coefficient (Wildman–Crippen LogP) is 3.15. The molecular formula is C16H15ClN2O4S. The van der Waals surface area contributed by atoms with Crippen molar-refractivity contribution >= 4 is 38.4 Å². The zero-order valence-corrected chi connectivity index (χ0v) is 14.6. The van der Waals surface area contributed by atoms with E-state index in [0.717, 1.165) is 5.56 Å². The summed E-state index contributed by atoms with van der Waals surface area (Å²) in [5.74, 6) is -0.583. The number of benzene rings is 2. The summed E-state index contributed by atoms with van der Waals surface area (Å²) >= 11 is 6.13. The molecule has 0 aliphatic rings. The number of aromatic nitrogens is 1. The molecule has 0 aliphatic carbocycles. The summed E-state index contributed by atoms with van der Waals surface area (Å²) in [5, 5.41) is 0.0142. The zero-order valence-electron chi connectivity index (χ0n) is 13.0. The molecule has 0 saturated heterocycles. The van der Waals surface area contributed by atoms with Crippen LogP contribution in [0.2, 0.25) is 5.02 Å². The minimum Gasteiger partial charge on any atom is -0.408 e. The predicted molar refractivity (Wildman–Crippen MR) is 93.1 cm³/mol. The maximum Gasteiger partial charge on any atom is 0.419 e. The van der Waals surface area contributed by atoms with E-state index in [2.05, 4.69) is 4.72 Å². The van der Waals surface area contributed by atoms with Gasteiger partial charge in [-0.2, -0.15) is 0 Å². The van der Waals surface area contributed by atoms with Gasteiger partial charge in [-0.1, -0.05) is 36.7 Å². The Kier molecular flexibility index (Phi) is 4.15. The Morgan fingerprint density at radius 1 is 1.25 bits per heavy atom. The second-order valence-electron chi connectivity index (χ2n) is 5.29. The van der Waals surface area contributed by atoms with Gasteiger partial charge in [0.05, 0.1) is 16.2 Å². The summed E-state index contributed by atoms with van der Waals surface area (Å²) in [6, 6.07) is 9.79. The largest absolute Gasteiger partial charge is 0.419 e. The summed E-state index contributed by atoms with van der Waals surface area (Å²) in [6.45, 7) is 1.94. The molecule has 24 heavy (non-hydrogen) atoms. The molecule has 6 nitrogen and oxygen atoms in total. The Morgan fingerprint density at radius 2 is 1.96 bits per heavy atom. The molecule has 0 atom stereocenters. The monoisotopic (exact) mass is 366 g/mol. The van der Waals surface area contributed by atoms with Crippen LogP contribution in [-0.4, -0.2) is 13.0 Å². The Hall–Kier alpha value is -2.25. The van der Waals surface area contributed by atoms with Crippen LogP contribution in [0.4, 0.5) is 5.69 Å². The fourth-order valence-corrected chi connectivity index (χ4v) is 4.10. The third kappa shape index (κ3) is 2.81. The Bertz CT molecular complexity index is 1080. The van der Waals surface area contributed by atoms with Gasteiger partial charge >= 0.3 is 5.76 Å². The number of hydrogen-bond donors (Lipinski definition) is 1. The lowest BCUT2D eigenvalue weighted by atomic mass is 10.1. The third-order valence-corrected chi connectivity index (χ3v) is 5.61. The number of rotatable bonds is 4. The smallest absolute Gasteiger partial charge is 0.408 e. The number of fused-ring (bicyclic) bond motifs is 1. The van der Waals surface area contributed by atoms with Gasteiger partial charge in [-0.3, -0.25) is 9.29 Å². The van der Waals surface area contributed by atoms with Crippen molar-refractivity contribution in [3.05, 3.63) is 57.5 Å². The van der Waals surface area contributed by atoms with E-state index in [1.54, 1.807) is 12.1 Å². The first-order valence-corrected chi connectivity index (χ1v) is 9.09. The van der Waals surface area contributed by atoms with Gasteiger partial charge in [-0.15, -0.1) is 0 Å². The molecule has 0 fully saturated rings. The van der Waals surface area contributed by atoms with Gasteiger partial charge in [-0.05, 0) is 24.1 Å². The van der Waals surface area contributed by atoms with Gasteiger partial charge in [0.2, 0.25) is 0 Å². The van der Waals surface area contributed by atoms with E-state index in [-0.39, 0.29) is 15.5 Å².